The van der Waals surface area contributed by atoms with Crippen molar-refractivity contribution >= 4 is 41.3 Å². The largest absolute Gasteiger partial charge is 0.469 e. The average molecular weight is 459 g/mol. The zero-order valence-corrected chi connectivity index (χ0v) is 17.1. The van der Waals surface area contributed by atoms with Crippen LogP contribution >= 0.6 is 19.2 Å². The summed E-state index contributed by atoms with van der Waals surface area (Å²) in [5, 5.41) is 26.4. The Morgan fingerprint density at radius 2 is 2.23 bits per heavy atom. The van der Waals surface area contributed by atoms with Crippen molar-refractivity contribution in [3.63, 3.8) is 0 Å². The van der Waals surface area contributed by atoms with E-state index >= 15 is 0 Å². The molecular formula is C15H18N5O8PS. The van der Waals surface area contributed by atoms with E-state index in [9.17, 15) is 19.6 Å². The Bertz CT molecular complexity index is 1160. The van der Waals surface area contributed by atoms with Crippen molar-refractivity contribution in [1.82, 2.24) is 19.5 Å². The first-order chi connectivity index (χ1) is 14.1. The number of phosphoric acid groups is 1. The van der Waals surface area contributed by atoms with Gasteiger partial charge in [-0.15, -0.1) is 11.3 Å². The molecule has 1 aliphatic rings. The number of thiophene rings is 1. The molecule has 3 aromatic heterocycles. The van der Waals surface area contributed by atoms with Gasteiger partial charge in [0.15, 0.2) is 16.9 Å². The standard InChI is InChI=1S/C15H18N5O8PS/c1-15(11(22)10(21)7(28-15)5-27-29(24,25)26)20-6-16-9-12(20)18-14(19-13(9)23)17-8-3-2-4-30-8/h2-4,6-7,10-11,21-22H,5H2,1H3,(H2,24,25,26)(H2,17,18,19,23)/t7-,10-,11-,15-/m1/s1. The van der Waals surface area contributed by atoms with Gasteiger partial charge in [-0.05, 0) is 24.4 Å². The molecule has 13 nitrogen and oxygen atoms in total. The number of aliphatic hydroxyl groups is 2. The van der Waals surface area contributed by atoms with E-state index in [2.05, 4.69) is 24.8 Å². The van der Waals surface area contributed by atoms with Gasteiger partial charge in [-0.2, -0.15) is 4.98 Å². The summed E-state index contributed by atoms with van der Waals surface area (Å²) in [7, 11) is -4.80. The van der Waals surface area contributed by atoms with Crippen LogP contribution in [0.25, 0.3) is 11.2 Å². The Kier molecular flexibility index (Phi) is 5.28. The summed E-state index contributed by atoms with van der Waals surface area (Å²) in [6, 6.07) is 3.61. The summed E-state index contributed by atoms with van der Waals surface area (Å²) in [4.78, 5) is 41.1. The minimum atomic E-state index is -4.80. The fraction of sp³-hybridized carbons (Fsp3) is 0.400. The smallest absolute Gasteiger partial charge is 0.387 e. The van der Waals surface area contributed by atoms with Crippen LogP contribution < -0.4 is 10.9 Å². The first-order valence-corrected chi connectivity index (χ1v) is 11.0. The molecular weight excluding hydrogens is 441 g/mol. The quantitative estimate of drug-likeness (QED) is 0.268. The summed E-state index contributed by atoms with van der Waals surface area (Å²) in [6.07, 6.45) is -3.08. The molecule has 3 aromatic rings. The van der Waals surface area contributed by atoms with Gasteiger partial charge in [0, 0.05) is 0 Å². The number of anilines is 2. The van der Waals surface area contributed by atoms with Gasteiger partial charge in [-0.3, -0.25) is 18.9 Å². The number of aliphatic hydroxyl groups excluding tert-OH is 2. The zero-order valence-electron chi connectivity index (χ0n) is 15.4. The van der Waals surface area contributed by atoms with E-state index in [4.69, 9.17) is 14.5 Å². The number of aromatic nitrogens is 4. The number of imidazole rings is 1. The molecule has 1 aliphatic heterocycles. The van der Waals surface area contributed by atoms with Crippen molar-refractivity contribution in [1.29, 1.82) is 0 Å². The van der Waals surface area contributed by atoms with Gasteiger partial charge in [0.1, 0.15) is 18.3 Å². The van der Waals surface area contributed by atoms with Crippen LogP contribution in [-0.4, -0.2) is 64.4 Å². The number of hydrogen-bond donors (Lipinski definition) is 6. The lowest BCUT2D eigenvalue weighted by Gasteiger charge is -2.29. The SMILES string of the molecule is C[C@@]1(n2cnc3c(=O)[nH]c(Nc4cccs4)nc32)O[C@H](COP(=O)(O)O)[C@@H](O)[C@H]1O. The van der Waals surface area contributed by atoms with Gasteiger partial charge < -0.3 is 30.1 Å². The van der Waals surface area contributed by atoms with Crippen LogP contribution in [0.3, 0.4) is 0 Å². The predicted molar refractivity (Wildman–Crippen MR) is 104 cm³/mol. The molecule has 0 spiro atoms. The van der Waals surface area contributed by atoms with E-state index < -0.39 is 44.0 Å². The lowest BCUT2D eigenvalue weighted by Crippen LogP contribution is -2.43. The summed E-state index contributed by atoms with van der Waals surface area (Å²) in [5.41, 5.74) is -2.12. The van der Waals surface area contributed by atoms with Crippen LogP contribution in [0.1, 0.15) is 6.92 Å². The lowest BCUT2D eigenvalue weighted by atomic mass is 10.0. The van der Waals surface area contributed by atoms with Gasteiger partial charge >= 0.3 is 7.82 Å². The minimum absolute atomic E-state index is 0.0202. The van der Waals surface area contributed by atoms with Crippen LogP contribution in [0.2, 0.25) is 0 Å². The van der Waals surface area contributed by atoms with E-state index in [1.54, 1.807) is 6.07 Å². The number of nitrogens with zero attached hydrogens (tertiary/aromatic N) is 3. The predicted octanol–water partition coefficient (Wildman–Crippen LogP) is -0.173. The van der Waals surface area contributed by atoms with E-state index in [1.165, 1.54) is 29.2 Å². The van der Waals surface area contributed by atoms with Crippen molar-refractivity contribution < 1.29 is 33.8 Å². The molecule has 0 radical (unpaired) electrons. The second kappa shape index (κ2) is 7.51. The molecule has 15 heteroatoms. The van der Waals surface area contributed by atoms with Crippen molar-refractivity contribution in [2.75, 3.05) is 11.9 Å². The van der Waals surface area contributed by atoms with E-state index in [0.29, 0.717) is 0 Å². The molecule has 1 fully saturated rings. The van der Waals surface area contributed by atoms with Gasteiger partial charge in [-0.1, -0.05) is 0 Å². The number of H-pyrrole nitrogens is 1. The number of phosphoric ester groups is 1. The first-order valence-electron chi connectivity index (χ1n) is 8.61. The van der Waals surface area contributed by atoms with Crippen LogP contribution in [0, 0.1) is 0 Å². The normalized spacial score (nSPS) is 27.0. The topological polar surface area (TPSA) is 192 Å². The van der Waals surface area contributed by atoms with Crippen molar-refractivity contribution in [2.24, 2.45) is 0 Å². The minimum Gasteiger partial charge on any atom is -0.387 e. The molecule has 162 valence electrons. The zero-order chi connectivity index (χ0) is 21.7. The highest BCUT2D eigenvalue weighted by molar-refractivity contribution is 7.46. The van der Waals surface area contributed by atoms with E-state index in [-0.39, 0.29) is 17.1 Å². The molecule has 0 aliphatic carbocycles. The lowest BCUT2D eigenvalue weighted by molar-refractivity contribution is -0.131. The fourth-order valence-electron chi connectivity index (χ4n) is 3.23. The monoisotopic (exact) mass is 459 g/mol. The Balaban J connectivity index is 1.70. The average Bonchev–Trinajstić information content (AvgIpc) is 3.37. The molecule has 4 rings (SSSR count). The molecule has 1 saturated heterocycles. The third kappa shape index (κ3) is 3.79. The summed E-state index contributed by atoms with van der Waals surface area (Å²) < 4.78 is 22.3. The maximum Gasteiger partial charge on any atom is 0.469 e. The summed E-state index contributed by atoms with van der Waals surface area (Å²) in [5.74, 6) is 0.134. The molecule has 4 heterocycles. The second-order valence-electron chi connectivity index (χ2n) is 6.74. The Morgan fingerprint density at radius 1 is 1.47 bits per heavy atom. The van der Waals surface area contributed by atoms with Gasteiger partial charge in [0.2, 0.25) is 5.95 Å². The maximum atomic E-state index is 12.4. The highest BCUT2D eigenvalue weighted by atomic mass is 32.1. The number of ether oxygens (including phenoxy) is 1. The van der Waals surface area contributed by atoms with Crippen LogP contribution in [0.4, 0.5) is 10.9 Å². The molecule has 0 aromatic carbocycles. The molecule has 6 N–H and O–H groups in total. The van der Waals surface area contributed by atoms with Crippen molar-refractivity contribution in [3.05, 3.63) is 34.2 Å². The Morgan fingerprint density at radius 3 is 2.90 bits per heavy atom. The number of nitrogens with one attached hydrogen (secondary N) is 2. The molecule has 0 saturated carbocycles. The number of hydrogen-bond acceptors (Lipinski definition) is 10. The maximum absolute atomic E-state index is 12.4. The Hall–Kier alpha value is -2.16. The second-order valence-corrected chi connectivity index (χ2v) is 8.92. The van der Waals surface area contributed by atoms with Crippen LogP contribution in [-0.2, 0) is 19.6 Å². The molecule has 0 unspecified atom stereocenters. The van der Waals surface area contributed by atoms with Crippen molar-refractivity contribution in [2.45, 2.75) is 31.0 Å². The summed E-state index contributed by atoms with van der Waals surface area (Å²) in [6.45, 7) is 0.763. The highest BCUT2D eigenvalue weighted by Gasteiger charge is 2.53. The van der Waals surface area contributed by atoms with Crippen LogP contribution in [0.15, 0.2) is 28.6 Å². The summed E-state index contributed by atoms with van der Waals surface area (Å²) >= 11 is 1.40. The molecule has 0 bridgehead atoms. The number of rotatable bonds is 6. The first kappa shape index (κ1) is 21.1. The third-order valence-corrected chi connectivity index (χ3v) is 5.97. The van der Waals surface area contributed by atoms with Gasteiger partial charge in [0.25, 0.3) is 5.56 Å². The number of fused-ring (bicyclic) bond motifs is 1. The van der Waals surface area contributed by atoms with E-state index in [1.807, 2.05) is 11.4 Å². The third-order valence-electron chi connectivity index (χ3n) is 4.70. The molecule has 30 heavy (non-hydrogen) atoms. The van der Waals surface area contributed by atoms with Crippen molar-refractivity contribution in [3.8, 4) is 0 Å². The fourth-order valence-corrected chi connectivity index (χ4v) is 4.19. The highest BCUT2D eigenvalue weighted by Crippen LogP contribution is 2.41. The van der Waals surface area contributed by atoms with Gasteiger partial charge in [0.05, 0.1) is 17.9 Å². The Labute approximate surface area is 172 Å². The number of aromatic amines is 1. The molecule has 0 amide bonds. The van der Waals surface area contributed by atoms with E-state index in [0.717, 1.165) is 5.00 Å². The van der Waals surface area contributed by atoms with Gasteiger partial charge in [-0.25, -0.2) is 9.55 Å². The van der Waals surface area contributed by atoms with Crippen LogP contribution in [0.5, 0.6) is 0 Å². The molecule has 4 atom stereocenters.